The lowest BCUT2D eigenvalue weighted by molar-refractivity contribution is -0.120. The van der Waals surface area contributed by atoms with Crippen LogP contribution < -0.4 is 10.6 Å². The Morgan fingerprint density at radius 3 is 2.71 bits per heavy atom. The second-order valence-electron chi connectivity index (χ2n) is 4.83. The maximum atomic E-state index is 11.4. The van der Waals surface area contributed by atoms with Gasteiger partial charge in [0.25, 0.3) is 0 Å². The van der Waals surface area contributed by atoms with Gasteiger partial charge in [-0.15, -0.1) is 0 Å². The molecular weight excluding hydrogens is 218 g/mol. The smallest absolute Gasteiger partial charge is 0.233 e. The Morgan fingerprint density at radius 2 is 2.06 bits per heavy atom. The highest BCUT2D eigenvalue weighted by Crippen LogP contribution is 1.94. The van der Waals surface area contributed by atoms with E-state index in [1.165, 1.54) is 0 Å². The monoisotopic (exact) mass is 243 g/mol. The van der Waals surface area contributed by atoms with Crippen molar-refractivity contribution in [3.8, 4) is 0 Å². The van der Waals surface area contributed by atoms with Crippen molar-refractivity contribution in [2.45, 2.75) is 13.8 Å². The largest absolute Gasteiger partial charge is 0.379 e. The van der Waals surface area contributed by atoms with E-state index in [1.54, 1.807) is 0 Å². The summed E-state index contributed by atoms with van der Waals surface area (Å²) in [6.45, 7) is 10.8. The van der Waals surface area contributed by atoms with Crippen LogP contribution in [-0.2, 0) is 9.53 Å². The van der Waals surface area contributed by atoms with Crippen molar-refractivity contribution in [2.75, 3.05) is 52.5 Å². The van der Waals surface area contributed by atoms with Crippen LogP contribution in [-0.4, -0.2) is 63.3 Å². The molecule has 0 aliphatic carbocycles. The van der Waals surface area contributed by atoms with Crippen LogP contribution in [0.15, 0.2) is 0 Å². The Hall–Kier alpha value is -0.650. The number of nitrogens with zero attached hydrogens (tertiary/aromatic N) is 1. The average Bonchev–Trinajstić information content (AvgIpc) is 2.33. The van der Waals surface area contributed by atoms with Crippen molar-refractivity contribution in [1.82, 2.24) is 15.5 Å². The lowest BCUT2D eigenvalue weighted by Crippen LogP contribution is -2.42. The van der Waals surface area contributed by atoms with Crippen molar-refractivity contribution in [3.63, 3.8) is 0 Å². The normalized spacial score (nSPS) is 17.4. The second kappa shape index (κ2) is 8.44. The maximum absolute atomic E-state index is 11.4. The molecule has 0 aromatic heterocycles. The summed E-state index contributed by atoms with van der Waals surface area (Å²) in [4.78, 5) is 13.7. The first-order chi connectivity index (χ1) is 8.18. The molecular formula is C12H25N3O2. The quantitative estimate of drug-likeness (QED) is 0.602. The van der Waals surface area contributed by atoms with Gasteiger partial charge in [-0.05, 0) is 5.92 Å². The molecule has 100 valence electrons. The fourth-order valence-corrected chi connectivity index (χ4v) is 1.64. The molecule has 0 saturated carbocycles. The van der Waals surface area contributed by atoms with E-state index in [2.05, 4.69) is 29.4 Å². The van der Waals surface area contributed by atoms with Crippen LogP contribution in [0, 0.1) is 5.92 Å². The van der Waals surface area contributed by atoms with Crippen LogP contribution in [0.3, 0.4) is 0 Å². The Bertz CT molecular complexity index is 216. The molecule has 1 aliphatic rings. The lowest BCUT2D eigenvalue weighted by atomic mass is 10.2. The minimum atomic E-state index is 0.0840. The van der Waals surface area contributed by atoms with E-state index in [9.17, 15) is 4.79 Å². The first kappa shape index (κ1) is 14.4. The summed E-state index contributed by atoms with van der Waals surface area (Å²) in [5, 5.41) is 6.05. The van der Waals surface area contributed by atoms with Crippen molar-refractivity contribution < 1.29 is 9.53 Å². The van der Waals surface area contributed by atoms with E-state index in [4.69, 9.17) is 4.74 Å². The van der Waals surface area contributed by atoms with Gasteiger partial charge in [0.1, 0.15) is 0 Å². The number of carbonyl (C=O) groups excluding carboxylic acids is 1. The van der Waals surface area contributed by atoms with Crippen molar-refractivity contribution >= 4 is 5.91 Å². The van der Waals surface area contributed by atoms with Gasteiger partial charge in [-0.3, -0.25) is 9.69 Å². The molecule has 17 heavy (non-hydrogen) atoms. The molecule has 1 heterocycles. The van der Waals surface area contributed by atoms with Gasteiger partial charge in [0.15, 0.2) is 0 Å². The third-order valence-electron chi connectivity index (χ3n) is 2.70. The van der Waals surface area contributed by atoms with E-state index in [0.717, 1.165) is 45.9 Å². The average molecular weight is 243 g/mol. The fourth-order valence-electron chi connectivity index (χ4n) is 1.64. The molecule has 1 amide bonds. The van der Waals surface area contributed by atoms with Crippen LogP contribution >= 0.6 is 0 Å². The van der Waals surface area contributed by atoms with Gasteiger partial charge in [-0.25, -0.2) is 0 Å². The number of amides is 1. The minimum Gasteiger partial charge on any atom is -0.379 e. The number of hydrogen-bond acceptors (Lipinski definition) is 4. The fraction of sp³-hybridized carbons (Fsp3) is 0.917. The van der Waals surface area contributed by atoms with E-state index < -0.39 is 0 Å². The van der Waals surface area contributed by atoms with Gasteiger partial charge in [0, 0.05) is 32.7 Å². The zero-order valence-corrected chi connectivity index (χ0v) is 11.0. The van der Waals surface area contributed by atoms with E-state index >= 15 is 0 Å². The number of hydrogen-bond donors (Lipinski definition) is 2. The Kier molecular flexibility index (Phi) is 7.16. The van der Waals surface area contributed by atoms with Crippen LogP contribution in [0.25, 0.3) is 0 Å². The molecule has 5 heteroatoms. The summed E-state index contributed by atoms with van der Waals surface area (Å²) in [5.74, 6) is 0.591. The molecule has 0 bridgehead atoms. The molecule has 1 fully saturated rings. The first-order valence-corrected chi connectivity index (χ1v) is 6.46. The second-order valence-corrected chi connectivity index (χ2v) is 4.83. The van der Waals surface area contributed by atoms with Crippen molar-refractivity contribution in [2.24, 2.45) is 5.92 Å². The zero-order chi connectivity index (χ0) is 12.5. The van der Waals surface area contributed by atoms with E-state index in [1.807, 2.05) is 0 Å². The molecule has 0 atom stereocenters. The maximum Gasteiger partial charge on any atom is 0.233 e. The number of nitrogens with one attached hydrogen (secondary N) is 2. The zero-order valence-electron chi connectivity index (χ0n) is 11.0. The van der Waals surface area contributed by atoms with Crippen molar-refractivity contribution in [1.29, 1.82) is 0 Å². The summed E-state index contributed by atoms with van der Waals surface area (Å²) < 4.78 is 5.27. The van der Waals surface area contributed by atoms with Gasteiger partial charge in [-0.1, -0.05) is 13.8 Å². The van der Waals surface area contributed by atoms with E-state index in [-0.39, 0.29) is 5.91 Å². The summed E-state index contributed by atoms with van der Waals surface area (Å²) in [6, 6.07) is 0. The summed E-state index contributed by atoms with van der Waals surface area (Å²) in [5.41, 5.74) is 0. The predicted molar refractivity (Wildman–Crippen MR) is 68.0 cm³/mol. The van der Waals surface area contributed by atoms with Gasteiger partial charge in [0.05, 0.1) is 19.8 Å². The molecule has 1 aliphatic heterocycles. The predicted octanol–water partition coefficient (Wildman–Crippen LogP) is -0.320. The van der Waals surface area contributed by atoms with Gasteiger partial charge in [-0.2, -0.15) is 0 Å². The molecule has 5 nitrogen and oxygen atoms in total. The highest BCUT2D eigenvalue weighted by molar-refractivity contribution is 5.77. The molecule has 1 saturated heterocycles. The molecule has 0 aromatic carbocycles. The molecule has 0 aromatic rings. The third-order valence-corrected chi connectivity index (χ3v) is 2.70. The summed E-state index contributed by atoms with van der Waals surface area (Å²) in [7, 11) is 0. The molecule has 0 spiro atoms. The highest BCUT2D eigenvalue weighted by Gasteiger charge is 2.09. The van der Waals surface area contributed by atoms with Crippen molar-refractivity contribution in [3.05, 3.63) is 0 Å². The molecule has 1 rings (SSSR count). The Balaban J connectivity index is 1.94. The standard InChI is InChI=1S/C12H25N3O2/c1-11(2)9-14-12(16)10-13-3-4-15-5-7-17-8-6-15/h11,13H,3-10H2,1-2H3,(H,14,16). The number of morpholine rings is 1. The van der Waals surface area contributed by atoms with Crippen LogP contribution in [0.1, 0.15) is 13.8 Å². The molecule has 0 radical (unpaired) electrons. The Morgan fingerprint density at radius 1 is 1.35 bits per heavy atom. The number of carbonyl (C=O) groups is 1. The lowest BCUT2D eigenvalue weighted by Gasteiger charge is -2.26. The molecule has 2 N–H and O–H groups in total. The van der Waals surface area contributed by atoms with Crippen LogP contribution in [0.5, 0.6) is 0 Å². The Labute approximate surface area is 104 Å². The minimum absolute atomic E-state index is 0.0840. The van der Waals surface area contributed by atoms with Crippen LogP contribution in [0.2, 0.25) is 0 Å². The topological polar surface area (TPSA) is 53.6 Å². The number of ether oxygens (including phenoxy) is 1. The van der Waals surface area contributed by atoms with Gasteiger partial charge < -0.3 is 15.4 Å². The summed E-state index contributed by atoms with van der Waals surface area (Å²) in [6.07, 6.45) is 0. The molecule has 0 unspecified atom stereocenters. The van der Waals surface area contributed by atoms with Gasteiger partial charge >= 0.3 is 0 Å². The van der Waals surface area contributed by atoms with E-state index in [0.29, 0.717) is 12.5 Å². The highest BCUT2D eigenvalue weighted by atomic mass is 16.5. The number of rotatable bonds is 7. The third kappa shape index (κ3) is 7.31. The van der Waals surface area contributed by atoms with Crippen LogP contribution in [0.4, 0.5) is 0 Å². The first-order valence-electron chi connectivity index (χ1n) is 6.46. The summed E-state index contributed by atoms with van der Waals surface area (Å²) >= 11 is 0. The van der Waals surface area contributed by atoms with Gasteiger partial charge in [0.2, 0.25) is 5.91 Å². The SMILES string of the molecule is CC(C)CNC(=O)CNCCN1CCOCC1.